The van der Waals surface area contributed by atoms with Crippen molar-refractivity contribution in [2.45, 2.75) is 32.1 Å². The first-order valence-electron chi connectivity index (χ1n) is 8.28. The first kappa shape index (κ1) is 15.7. The molecule has 128 valence electrons. The summed E-state index contributed by atoms with van der Waals surface area (Å²) in [5.41, 5.74) is 14.8. The number of carbonyl (C=O) groups excluding carboxylic acids is 1. The van der Waals surface area contributed by atoms with Crippen LogP contribution >= 0.6 is 11.3 Å². The normalized spacial score (nSPS) is 19.7. The molecule has 2 aliphatic rings. The third-order valence-corrected chi connectivity index (χ3v) is 6.28. The Morgan fingerprint density at radius 2 is 2.04 bits per heavy atom. The number of nitrogen functional groups attached to an aromatic ring is 1. The number of rotatable bonds is 2. The van der Waals surface area contributed by atoms with Crippen LogP contribution in [0.3, 0.4) is 0 Å². The van der Waals surface area contributed by atoms with Crippen molar-refractivity contribution < 1.29 is 9.53 Å². The fraction of sp³-hybridized carbons (Fsp3) is 0.529. The van der Waals surface area contributed by atoms with Gasteiger partial charge in [0.05, 0.1) is 18.9 Å². The summed E-state index contributed by atoms with van der Waals surface area (Å²) in [6.07, 6.45) is 2.04. The Morgan fingerprint density at radius 1 is 1.33 bits per heavy atom. The molecule has 2 aromatic heterocycles. The summed E-state index contributed by atoms with van der Waals surface area (Å²) >= 11 is 1.31. The van der Waals surface area contributed by atoms with Crippen molar-refractivity contribution in [3.8, 4) is 0 Å². The molecule has 1 aliphatic heterocycles. The summed E-state index contributed by atoms with van der Waals surface area (Å²) in [5, 5.41) is 0.934. The lowest BCUT2D eigenvalue weighted by atomic mass is 9.85. The Labute approximate surface area is 144 Å². The number of hydrogen-bond acceptors (Lipinski definition) is 6. The minimum atomic E-state index is -0.479. The molecule has 0 radical (unpaired) electrons. The Morgan fingerprint density at radius 3 is 2.71 bits per heavy atom. The van der Waals surface area contributed by atoms with Crippen molar-refractivity contribution in [2.75, 3.05) is 36.9 Å². The quantitative estimate of drug-likeness (QED) is 0.868. The molecule has 1 amide bonds. The first-order valence-corrected chi connectivity index (χ1v) is 9.09. The predicted molar refractivity (Wildman–Crippen MR) is 96.9 cm³/mol. The second kappa shape index (κ2) is 5.32. The summed E-state index contributed by atoms with van der Waals surface area (Å²) in [4.78, 5) is 20.2. The molecule has 0 saturated carbocycles. The van der Waals surface area contributed by atoms with Crippen molar-refractivity contribution in [3.63, 3.8) is 0 Å². The number of aromatic nitrogens is 1. The fourth-order valence-corrected chi connectivity index (χ4v) is 4.90. The van der Waals surface area contributed by atoms with E-state index in [0.29, 0.717) is 10.6 Å². The van der Waals surface area contributed by atoms with E-state index in [4.69, 9.17) is 21.2 Å². The number of nitrogens with zero attached hydrogens (tertiary/aromatic N) is 2. The monoisotopic (exact) mass is 346 g/mol. The number of morpholine rings is 1. The minimum Gasteiger partial charge on any atom is -0.397 e. The number of hydrogen-bond donors (Lipinski definition) is 2. The van der Waals surface area contributed by atoms with Gasteiger partial charge in [0.15, 0.2) is 0 Å². The number of ether oxygens (including phenoxy) is 1. The maximum absolute atomic E-state index is 11.7. The zero-order chi connectivity index (χ0) is 17.1. The van der Waals surface area contributed by atoms with Crippen molar-refractivity contribution in [3.05, 3.63) is 16.0 Å². The molecule has 1 fully saturated rings. The van der Waals surface area contributed by atoms with Crippen molar-refractivity contribution in [1.29, 1.82) is 0 Å². The highest BCUT2D eigenvalue weighted by atomic mass is 32.1. The molecule has 0 spiro atoms. The molecule has 24 heavy (non-hydrogen) atoms. The van der Waals surface area contributed by atoms with Crippen LogP contribution in [0.15, 0.2) is 0 Å². The highest BCUT2D eigenvalue weighted by Crippen LogP contribution is 2.49. The van der Waals surface area contributed by atoms with Gasteiger partial charge < -0.3 is 21.1 Å². The molecule has 0 atom stereocenters. The number of amides is 1. The largest absolute Gasteiger partial charge is 0.397 e. The molecule has 1 aliphatic carbocycles. The number of anilines is 2. The second-order valence-corrected chi connectivity index (χ2v) is 8.16. The van der Waals surface area contributed by atoms with Crippen LogP contribution < -0.4 is 16.4 Å². The molecule has 4 N–H and O–H groups in total. The molecule has 3 heterocycles. The van der Waals surface area contributed by atoms with E-state index in [1.807, 2.05) is 0 Å². The van der Waals surface area contributed by atoms with Gasteiger partial charge in [-0.1, -0.05) is 13.8 Å². The Balaban J connectivity index is 2.01. The van der Waals surface area contributed by atoms with Gasteiger partial charge in [0.2, 0.25) is 0 Å². The Hall–Kier alpha value is -1.86. The van der Waals surface area contributed by atoms with Crippen LogP contribution in [0.1, 0.15) is 41.1 Å². The molecular formula is C17H22N4O2S. The Kier molecular flexibility index (Phi) is 3.47. The standard InChI is InChI=1S/C17H22N4O2S/c1-17(2)4-3-9-11(17)10-12(18)13(14(19)22)24-16(10)20-15(9)21-5-7-23-8-6-21/h3-8,18H2,1-2H3,(H2,19,22). The van der Waals surface area contributed by atoms with Crippen molar-refractivity contribution in [1.82, 2.24) is 4.98 Å². The maximum Gasteiger partial charge on any atom is 0.260 e. The molecule has 2 aromatic rings. The number of carbonyl (C=O) groups is 1. The summed E-state index contributed by atoms with van der Waals surface area (Å²) < 4.78 is 5.48. The van der Waals surface area contributed by atoms with Gasteiger partial charge in [-0.3, -0.25) is 4.79 Å². The number of fused-ring (bicyclic) bond motifs is 3. The number of nitrogens with two attached hydrogens (primary N) is 2. The number of thiophene rings is 1. The van der Waals surface area contributed by atoms with E-state index < -0.39 is 5.91 Å². The van der Waals surface area contributed by atoms with Gasteiger partial charge >= 0.3 is 0 Å². The molecule has 6 nitrogen and oxygen atoms in total. The lowest BCUT2D eigenvalue weighted by Gasteiger charge is -2.30. The van der Waals surface area contributed by atoms with Gasteiger partial charge in [0.1, 0.15) is 15.5 Å². The van der Waals surface area contributed by atoms with Crippen LogP contribution in [0, 0.1) is 0 Å². The van der Waals surface area contributed by atoms with Gasteiger partial charge in [-0.25, -0.2) is 4.98 Å². The molecular weight excluding hydrogens is 324 g/mol. The van der Waals surface area contributed by atoms with Crippen molar-refractivity contribution in [2.24, 2.45) is 5.73 Å². The van der Waals surface area contributed by atoms with Crippen LogP contribution in [0.4, 0.5) is 11.5 Å². The minimum absolute atomic E-state index is 0.0155. The summed E-state index contributed by atoms with van der Waals surface area (Å²) in [7, 11) is 0. The lowest BCUT2D eigenvalue weighted by molar-refractivity contribution is 0.100. The number of primary amides is 1. The lowest BCUT2D eigenvalue weighted by Crippen LogP contribution is -2.37. The SMILES string of the molecule is CC1(C)CCc2c(N3CCOCC3)nc3sc(C(N)=O)c(N)c3c21. The molecule has 4 rings (SSSR count). The molecule has 0 bridgehead atoms. The third kappa shape index (κ3) is 2.18. The molecule has 1 saturated heterocycles. The maximum atomic E-state index is 11.7. The Bertz CT molecular complexity index is 837. The summed E-state index contributed by atoms with van der Waals surface area (Å²) in [5.74, 6) is 0.552. The van der Waals surface area contributed by atoms with Gasteiger partial charge in [-0.2, -0.15) is 0 Å². The van der Waals surface area contributed by atoms with E-state index in [9.17, 15) is 4.79 Å². The fourth-order valence-electron chi connectivity index (χ4n) is 3.94. The predicted octanol–water partition coefficient (Wildman–Crippen LogP) is 2.04. The van der Waals surface area contributed by atoms with Crippen molar-refractivity contribution >= 4 is 39.0 Å². The summed E-state index contributed by atoms with van der Waals surface area (Å²) in [6, 6.07) is 0. The van der Waals surface area contributed by atoms with E-state index >= 15 is 0 Å². The van der Waals surface area contributed by atoms with E-state index in [0.717, 1.165) is 55.2 Å². The summed E-state index contributed by atoms with van der Waals surface area (Å²) in [6.45, 7) is 7.60. The molecule has 0 unspecified atom stereocenters. The van der Waals surface area contributed by atoms with E-state index in [-0.39, 0.29) is 5.41 Å². The van der Waals surface area contributed by atoms with Crippen LogP contribution in [-0.2, 0) is 16.6 Å². The van der Waals surface area contributed by atoms with E-state index in [1.165, 1.54) is 22.5 Å². The average Bonchev–Trinajstić information content (AvgIpc) is 3.05. The highest BCUT2D eigenvalue weighted by molar-refractivity contribution is 7.21. The molecule has 0 aromatic carbocycles. The number of pyridine rings is 1. The molecule has 7 heteroatoms. The van der Waals surface area contributed by atoms with Gasteiger partial charge in [0.25, 0.3) is 5.91 Å². The third-order valence-electron chi connectivity index (χ3n) is 5.17. The van der Waals surface area contributed by atoms with E-state index in [2.05, 4.69) is 18.7 Å². The van der Waals surface area contributed by atoms with Gasteiger partial charge in [-0.05, 0) is 29.4 Å². The zero-order valence-electron chi connectivity index (χ0n) is 14.0. The highest BCUT2D eigenvalue weighted by Gasteiger charge is 2.37. The average molecular weight is 346 g/mol. The smallest absolute Gasteiger partial charge is 0.260 e. The topological polar surface area (TPSA) is 94.5 Å². The van der Waals surface area contributed by atoms with Crippen LogP contribution in [-0.4, -0.2) is 37.2 Å². The van der Waals surface area contributed by atoms with Crippen LogP contribution in [0.2, 0.25) is 0 Å². The van der Waals surface area contributed by atoms with Gasteiger partial charge in [-0.15, -0.1) is 11.3 Å². The van der Waals surface area contributed by atoms with Crippen LogP contribution in [0.5, 0.6) is 0 Å². The van der Waals surface area contributed by atoms with Crippen LogP contribution in [0.25, 0.3) is 10.2 Å². The van der Waals surface area contributed by atoms with E-state index in [1.54, 1.807) is 0 Å². The first-order chi connectivity index (χ1) is 11.4. The zero-order valence-corrected chi connectivity index (χ0v) is 14.8. The van der Waals surface area contributed by atoms with Gasteiger partial charge in [0, 0.05) is 18.5 Å². The second-order valence-electron chi connectivity index (χ2n) is 7.16.